The summed E-state index contributed by atoms with van der Waals surface area (Å²) in [6, 6.07) is 3.54. The molecular formula is C25H29ClF7N3O2S. The summed E-state index contributed by atoms with van der Waals surface area (Å²) in [5, 5.41) is 8.03. The Morgan fingerprint density at radius 2 is 1.62 bits per heavy atom. The Balaban J connectivity index is 2.29. The Kier molecular flexibility index (Phi) is 12.5. The Bertz CT molecular complexity index is 1100. The first-order chi connectivity index (χ1) is 18.3. The first kappa shape index (κ1) is 32.8. The van der Waals surface area contributed by atoms with Crippen molar-refractivity contribution < 1.29 is 40.3 Å². The minimum absolute atomic E-state index is 0.115. The molecule has 2 aromatic rings. The molecule has 2 rings (SSSR count). The van der Waals surface area contributed by atoms with E-state index in [9.17, 15) is 35.5 Å². The zero-order valence-corrected chi connectivity index (χ0v) is 23.0. The molecule has 1 aromatic heterocycles. The second kappa shape index (κ2) is 14.8. The van der Waals surface area contributed by atoms with Crippen LogP contribution in [0.15, 0.2) is 28.4 Å². The standard InChI is InChI=1S/C25H29ClF7N3O2S/c1-3-5-8-17-20(23(37)38-4-2)22(39-21(17)26)35-34-19-10-9-16(15-18(19)27)36(13-6-11-24(28,29)30)14-7-12-25(31,32)33/h9-10,15H,3-8,11-14H2,1-2H3/b35-34+. The van der Waals surface area contributed by atoms with Crippen LogP contribution < -0.4 is 4.90 Å². The fraction of sp³-hybridized carbons (Fsp3) is 0.560. The predicted molar refractivity (Wildman–Crippen MR) is 137 cm³/mol. The molecule has 0 bridgehead atoms. The van der Waals surface area contributed by atoms with Crippen molar-refractivity contribution >= 4 is 45.3 Å². The topological polar surface area (TPSA) is 54.3 Å². The molecule has 1 heterocycles. The van der Waals surface area contributed by atoms with Gasteiger partial charge in [0.25, 0.3) is 0 Å². The third-order valence-electron chi connectivity index (χ3n) is 5.52. The average molecular weight is 604 g/mol. The number of esters is 1. The largest absolute Gasteiger partial charge is 0.462 e. The summed E-state index contributed by atoms with van der Waals surface area (Å²) in [5.41, 5.74) is 0.601. The van der Waals surface area contributed by atoms with Gasteiger partial charge in [-0.15, -0.1) is 21.6 Å². The van der Waals surface area contributed by atoms with E-state index in [4.69, 9.17) is 16.3 Å². The van der Waals surface area contributed by atoms with Gasteiger partial charge in [-0.1, -0.05) is 24.9 Å². The van der Waals surface area contributed by atoms with E-state index < -0.39 is 37.0 Å². The summed E-state index contributed by atoms with van der Waals surface area (Å²) >= 11 is 7.32. The van der Waals surface area contributed by atoms with Gasteiger partial charge in [0.15, 0.2) is 10.8 Å². The third-order valence-corrected chi connectivity index (χ3v) is 6.88. The van der Waals surface area contributed by atoms with Crippen LogP contribution in [0.2, 0.25) is 4.34 Å². The van der Waals surface area contributed by atoms with Crippen LogP contribution in [-0.4, -0.2) is 38.0 Å². The number of azo groups is 1. The van der Waals surface area contributed by atoms with Crippen molar-refractivity contribution in [2.24, 2.45) is 10.2 Å². The van der Waals surface area contributed by atoms with E-state index in [1.165, 1.54) is 17.0 Å². The summed E-state index contributed by atoms with van der Waals surface area (Å²) in [5.74, 6) is -1.52. The number of nitrogens with zero attached hydrogens (tertiary/aromatic N) is 3. The highest BCUT2D eigenvalue weighted by molar-refractivity contribution is 7.20. The number of rotatable bonds is 14. The summed E-state index contributed by atoms with van der Waals surface area (Å²) < 4.78 is 95.8. The average Bonchev–Trinajstić information content (AvgIpc) is 3.14. The number of hydrogen-bond acceptors (Lipinski definition) is 6. The maximum atomic E-state index is 14.9. The normalized spacial score (nSPS) is 12.4. The summed E-state index contributed by atoms with van der Waals surface area (Å²) in [4.78, 5) is 13.8. The number of ether oxygens (including phenoxy) is 1. The Morgan fingerprint density at radius 3 is 2.13 bits per heavy atom. The number of hydrogen-bond donors (Lipinski definition) is 0. The van der Waals surface area contributed by atoms with Crippen LogP contribution in [0.5, 0.6) is 0 Å². The van der Waals surface area contributed by atoms with Crippen molar-refractivity contribution in [3.8, 4) is 0 Å². The van der Waals surface area contributed by atoms with Gasteiger partial charge in [0.2, 0.25) is 0 Å². The number of unbranched alkanes of at least 4 members (excludes halogenated alkanes) is 1. The second-order valence-electron chi connectivity index (χ2n) is 8.62. The Labute approximate surface area is 231 Å². The minimum atomic E-state index is -4.42. The molecule has 0 radical (unpaired) electrons. The molecule has 0 fully saturated rings. The molecule has 0 amide bonds. The van der Waals surface area contributed by atoms with Gasteiger partial charge in [-0.25, -0.2) is 9.18 Å². The smallest absolute Gasteiger partial charge is 0.389 e. The van der Waals surface area contributed by atoms with E-state index in [-0.39, 0.29) is 54.5 Å². The van der Waals surface area contributed by atoms with E-state index in [2.05, 4.69) is 10.2 Å². The summed E-state index contributed by atoms with van der Waals surface area (Å²) in [7, 11) is 0. The predicted octanol–water partition coefficient (Wildman–Crippen LogP) is 9.97. The molecule has 0 aliphatic rings. The van der Waals surface area contributed by atoms with E-state index in [0.29, 0.717) is 16.3 Å². The van der Waals surface area contributed by atoms with Crippen molar-refractivity contribution in [1.82, 2.24) is 0 Å². The van der Waals surface area contributed by atoms with Crippen molar-refractivity contribution in [3.63, 3.8) is 0 Å². The molecule has 0 unspecified atom stereocenters. The van der Waals surface area contributed by atoms with Crippen molar-refractivity contribution in [1.29, 1.82) is 0 Å². The molecule has 218 valence electrons. The van der Waals surface area contributed by atoms with Gasteiger partial charge in [-0.05, 0) is 56.4 Å². The molecule has 0 aliphatic carbocycles. The molecular weight excluding hydrogens is 575 g/mol. The van der Waals surface area contributed by atoms with Crippen LogP contribution in [0, 0.1) is 5.82 Å². The maximum Gasteiger partial charge on any atom is 0.389 e. The number of alkyl halides is 6. The van der Waals surface area contributed by atoms with Gasteiger partial charge >= 0.3 is 18.3 Å². The van der Waals surface area contributed by atoms with Crippen LogP contribution in [0.1, 0.15) is 68.3 Å². The van der Waals surface area contributed by atoms with Crippen LogP contribution in [0.25, 0.3) is 0 Å². The van der Waals surface area contributed by atoms with Crippen LogP contribution in [0.4, 0.5) is 47.1 Å². The molecule has 1 aromatic carbocycles. The van der Waals surface area contributed by atoms with Gasteiger partial charge in [-0.3, -0.25) is 0 Å². The number of carbonyl (C=O) groups is 1. The van der Waals surface area contributed by atoms with Crippen LogP contribution in [-0.2, 0) is 11.2 Å². The lowest BCUT2D eigenvalue weighted by molar-refractivity contribution is -0.135. The van der Waals surface area contributed by atoms with Gasteiger partial charge in [0, 0.05) is 31.6 Å². The van der Waals surface area contributed by atoms with Crippen molar-refractivity contribution in [2.75, 3.05) is 24.6 Å². The molecule has 0 atom stereocenters. The highest BCUT2D eigenvalue weighted by atomic mass is 35.5. The highest BCUT2D eigenvalue weighted by Crippen LogP contribution is 2.41. The Hall–Kier alpha value is -2.41. The molecule has 0 saturated carbocycles. The quantitative estimate of drug-likeness (QED) is 0.123. The van der Waals surface area contributed by atoms with Crippen molar-refractivity contribution in [2.45, 2.75) is 71.1 Å². The van der Waals surface area contributed by atoms with Gasteiger partial charge in [0.05, 0.1) is 10.9 Å². The van der Waals surface area contributed by atoms with Crippen LogP contribution in [0.3, 0.4) is 0 Å². The first-order valence-electron chi connectivity index (χ1n) is 12.3. The molecule has 0 spiro atoms. The zero-order chi connectivity index (χ0) is 29.2. The second-order valence-corrected chi connectivity index (χ2v) is 10.2. The zero-order valence-electron chi connectivity index (χ0n) is 21.4. The van der Waals surface area contributed by atoms with E-state index in [1.54, 1.807) is 6.92 Å². The highest BCUT2D eigenvalue weighted by Gasteiger charge is 2.29. The third kappa shape index (κ3) is 10.9. The lowest BCUT2D eigenvalue weighted by Gasteiger charge is -2.25. The fourth-order valence-corrected chi connectivity index (χ4v) is 4.97. The molecule has 0 aliphatic heterocycles. The number of thiophene rings is 1. The molecule has 39 heavy (non-hydrogen) atoms. The van der Waals surface area contributed by atoms with Gasteiger partial charge in [0.1, 0.15) is 11.3 Å². The number of anilines is 1. The van der Waals surface area contributed by atoms with Crippen molar-refractivity contribution in [3.05, 3.63) is 39.5 Å². The number of halogens is 8. The summed E-state index contributed by atoms with van der Waals surface area (Å²) in [6.45, 7) is 3.31. The molecule has 0 N–H and O–H groups in total. The molecule has 0 saturated heterocycles. The Morgan fingerprint density at radius 1 is 1.00 bits per heavy atom. The fourth-order valence-electron chi connectivity index (χ4n) is 3.67. The van der Waals surface area contributed by atoms with Gasteiger partial charge in [-0.2, -0.15) is 26.3 Å². The first-order valence-corrected chi connectivity index (χ1v) is 13.5. The van der Waals surface area contributed by atoms with Gasteiger partial charge < -0.3 is 9.64 Å². The molecule has 14 heteroatoms. The summed E-state index contributed by atoms with van der Waals surface area (Å²) in [6.07, 6.45) is -9.69. The SMILES string of the molecule is CCCCc1c(Cl)sc(/N=N/c2ccc(N(CCCC(F)(F)F)CCCC(F)(F)F)cc2F)c1C(=O)OCC. The molecule has 5 nitrogen and oxygen atoms in total. The maximum absolute atomic E-state index is 14.9. The minimum Gasteiger partial charge on any atom is -0.462 e. The van der Waals surface area contributed by atoms with E-state index in [0.717, 1.165) is 30.2 Å². The number of benzene rings is 1. The van der Waals surface area contributed by atoms with Crippen LogP contribution >= 0.6 is 22.9 Å². The van der Waals surface area contributed by atoms with E-state index in [1.807, 2.05) is 6.92 Å². The lowest BCUT2D eigenvalue weighted by Crippen LogP contribution is -2.28. The van der Waals surface area contributed by atoms with E-state index >= 15 is 0 Å². The lowest BCUT2D eigenvalue weighted by atomic mass is 10.1. The number of carbonyl (C=O) groups excluding carboxylic acids is 1. The monoisotopic (exact) mass is 603 g/mol.